The zero-order valence-electron chi connectivity index (χ0n) is 13.3. The number of ether oxygens (including phenoxy) is 2. The van der Waals surface area contributed by atoms with Crippen molar-refractivity contribution in [3.05, 3.63) is 59.4 Å². The van der Waals surface area contributed by atoms with Crippen molar-refractivity contribution in [1.29, 1.82) is 0 Å². The zero-order chi connectivity index (χ0) is 18.1. The highest BCUT2D eigenvalue weighted by Crippen LogP contribution is 2.36. The van der Waals surface area contributed by atoms with Crippen LogP contribution in [0, 0.1) is 17.5 Å². The molecule has 0 atom stereocenters. The lowest BCUT2D eigenvalue weighted by atomic mass is 10.0. The topological polar surface area (TPSA) is 48.4 Å². The Morgan fingerprint density at radius 3 is 2.36 bits per heavy atom. The number of nitrogens with zero attached hydrogens (tertiary/aromatic N) is 1. The molecule has 3 aromatic rings. The predicted molar refractivity (Wildman–Crippen MR) is 84.9 cm³/mol. The number of pyridine rings is 1. The summed E-state index contributed by atoms with van der Waals surface area (Å²) >= 11 is 0. The molecule has 25 heavy (non-hydrogen) atoms. The van der Waals surface area contributed by atoms with Crippen LogP contribution in [0.15, 0.2) is 36.4 Å². The van der Waals surface area contributed by atoms with Gasteiger partial charge in [0.2, 0.25) is 0 Å². The number of hydrogen-bond acceptors (Lipinski definition) is 4. The van der Waals surface area contributed by atoms with Crippen molar-refractivity contribution in [3.63, 3.8) is 0 Å². The Balaban J connectivity index is 2.40. The summed E-state index contributed by atoms with van der Waals surface area (Å²) < 4.78 is 53.0. The number of rotatable bonds is 3. The number of hydrogen-bond donors (Lipinski definition) is 0. The maximum absolute atomic E-state index is 14.8. The molecule has 1 aromatic heterocycles. The minimum atomic E-state index is -1.000. The fourth-order valence-corrected chi connectivity index (χ4v) is 2.54. The molecular formula is C18H12F3NO3. The Kier molecular flexibility index (Phi) is 4.31. The molecule has 0 spiro atoms. The van der Waals surface area contributed by atoms with Crippen LogP contribution in [0.2, 0.25) is 0 Å². The van der Waals surface area contributed by atoms with Gasteiger partial charge in [-0.3, -0.25) is 0 Å². The number of carbonyl (C=O) groups is 1. The van der Waals surface area contributed by atoms with Crippen LogP contribution >= 0.6 is 0 Å². The summed E-state index contributed by atoms with van der Waals surface area (Å²) in [6.45, 7) is 0. The molecule has 0 fully saturated rings. The van der Waals surface area contributed by atoms with Gasteiger partial charge in [-0.25, -0.2) is 22.9 Å². The molecule has 3 rings (SSSR count). The first kappa shape index (κ1) is 16.8. The van der Waals surface area contributed by atoms with Crippen molar-refractivity contribution in [3.8, 4) is 17.0 Å². The van der Waals surface area contributed by atoms with E-state index in [0.29, 0.717) is 0 Å². The summed E-state index contributed by atoms with van der Waals surface area (Å²) in [7, 11) is 2.31. The smallest absolute Gasteiger partial charge is 0.340 e. The first-order chi connectivity index (χ1) is 12.0. The van der Waals surface area contributed by atoms with Crippen molar-refractivity contribution in [1.82, 2.24) is 4.98 Å². The predicted octanol–water partition coefficient (Wildman–Crippen LogP) is 4.11. The van der Waals surface area contributed by atoms with Crippen LogP contribution in [0.3, 0.4) is 0 Å². The Morgan fingerprint density at radius 1 is 1.00 bits per heavy atom. The van der Waals surface area contributed by atoms with Crippen molar-refractivity contribution in [2.75, 3.05) is 14.2 Å². The lowest BCUT2D eigenvalue weighted by Gasteiger charge is -2.13. The summed E-state index contributed by atoms with van der Waals surface area (Å²) in [5.74, 6) is -3.85. The highest BCUT2D eigenvalue weighted by molar-refractivity contribution is 5.97. The quantitative estimate of drug-likeness (QED) is 0.669. The van der Waals surface area contributed by atoms with E-state index in [4.69, 9.17) is 4.74 Å². The summed E-state index contributed by atoms with van der Waals surface area (Å²) in [5, 5.41) is 0.0187. The molecule has 0 aliphatic rings. The van der Waals surface area contributed by atoms with Gasteiger partial charge in [0.05, 0.1) is 19.8 Å². The maximum atomic E-state index is 14.8. The van der Waals surface area contributed by atoms with E-state index in [0.717, 1.165) is 19.2 Å². The second-order valence-corrected chi connectivity index (χ2v) is 5.10. The molecule has 0 saturated heterocycles. The SMILES string of the molecule is COC(=O)c1ccc2c(OC)c(F)c(-c3ccccc3F)nc2c1F. The molecule has 0 saturated carbocycles. The molecule has 0 bridgehead atoms. The van der Waals surface area contributed by atoms with Crippen LogP contribution in [0.1, 0.15) is 10.4 Å². The van der Waals surface area contributed by atoms with Crippen LogP contribution in [-0.4, -0.2) is 25.2 Å². The van der Waals surface area contributed by atoms with Gasteiger partial charge in [-0.05, 0) is 24.3 Å². The summed E-state index contributed by atoms with van der Waals surface area (Å²) in [6.07, 6.45) is 0. The van der Waals surface area contributed by atoms with Crippen molar-refractivity contribution >= 4 is 16.9 Å². The third-order valence-electron chi connectivity index (χ3n) is 3.73. The summed E-state index contributed by atoms with van der Waals surface area (Å²) in [6, 6.07) is 7.82. The second-order valence-electron chi connectivity index (χ2n) is 5.10. The van der Waals surface area contributed by atoms with E-state index in [1.165, 1.54) is 31.4 Å². The summed E-state index contributed by atoms with van der Waals surface area (Å²) in [5.41, 5.74) is -1.25. The number of esters is 1. The van der Waals surface area contributed by atoms with Gasteiger partial charge in [-0.15, -0.1) is 0 Å². The van der Waals surface area contributed by atoms with Crippen LogP contribution in [-0.2, 0) is 4.74 Å². The minimum absolute atomic E-state index is 0.0187. The highest BCUT2D eigenvalue weighted by atomic mass is 19.1. The number of carbonyl (C=O) groups excluding carboxylic acids is 1. The van der Waals surface area contributed by atoms with E-state index in [9.17, 15) is 18.0 Å². The van der Waals surface area contributed by atoms with Crippen molar-refractivity contribution in [2.24, 2.45) is 0 Å². The van der Waals surface area contributed by atoms with Crippen LogP contribution in [0.5, 0.6) is 5.75 Å². The third kappa shape index (κ3) is 2.67. The maximum Gasteiger partial charge on any atom is 0.340 e. The normalized spacial score (nSPS) is 10.8. The number of halogens is 3. The molecule has 128 valence electrons. The fourth-order valence-electron chi connectivity index (χ4n) is 2.54. The van der Waals surface area contributed by atoms with Gasteiger partial charge in [0.1, 0.15) is 17.0 Å². The van der Waals surface area contributed by atoms with E-state index in [1.807, 2.05) is 0 Å². The van der Waals surface area contributed by atoms with Gasteiger partial charge in [0.25, 0.3) is 0 Å². The van der Waals surface area contributed by atoms with Crippen molar-refractivity contribution < 1.29 is 27.4 Å². The Hall–Kier alpha value is -3.09. The van der Waals surface area contributed by atoms with Gasteiger partial charge in [0, 0.05) is 10.9 Å². The number of fused-ring (bicyclic) bond motifs is 1. The van der Waals surface area contributed by atoms with Gasteiger partial charge in [-0.1, -0.05) is 12.1 Å². The van der Waals surface area contributed by atoms with Gasteiger partial charge < -0.3 is 9.47 Å². The van der Waals surface area contributed by atoms with Gasteiger partial charge in [-0.2, -0.15) is 0 Å². The molecule has 0 aliphatic carbocycles. The standard InChI is InChI=1S/C18H12F3NO3/c1-24-17-11-8-7-10(18(23)25-2)13(20)16(11)22-15(14(17)21)9-5-3-4-6-12(9)19/h3-8H,1-2H3. The van der Waals surface area contributed by atoms with E-state index in [2.05, 4.69) is 9.72 Å². The Bertz CT molecular complexity index is 989. The van der Waals surface area contributed by atoms with E-state index < -0.39 is 29.1 Å². The molecule has 0 radical (unpaired) electrons. The lowest BCUT2D eigenvalue weighted by molar-refractivity contribution is 0.0596. The molecule has 7 heteroatoms. The molecular weight excluding hydrogens is 335 g/mol. The van der Waals surface area contributed by atoms with E-state index in [-0.39, 0.29) is 27.8 Å². The molecule has 0 N–H and O–H groups in total. The van der Waals surface area contributed by atoms with Crippen LogP contribution < -0.4 is 4.74 Å². The van der Waals surface area contributed by atoms with E-state index >= 15 is 0 Å². The minimum Gasteiger partial charge on any atom is -0.493 e. The number of aromatic nitrogens is 1. The van der Waals surface area contributed by atoms with Gasteiger partial charge >= 0.3 is 5.97 Å². The van der Waals surface area contributed by atoms with Crippen LogP contribution in [0.25, 0.3) is 22.2 Å². The molecule has 0 amide bonds. The highest BCUT2D eigenvalue weighted by Gasteiger charge is 2.24. The molecule has 0 aliphatic heterocycles. The monoisotopic (exact) mass is 347 g/mol. The molecule has 2 aromatic carbocycles. The van der Waals surface area contributed by atoms with E-state index in [1.54, 1.807) is 0 Å². The summed E-state index contributed by atoms with van der Waals surface area (Å²) in [4.78, 5) is 15.6. The molecule has 1 heterocycles. The molecule has 0 unspecified atom stereocenters. The van der Waals surface area contributed by atoms with Gasteiger partial charge in [0.15, 0.2) is 17.4 Å². The Labute approximate surface area is 140 Å². The number of benzene rings is 2. The largest absolute Gasteiger partial charge is 0.493 e. The molecule has 4 nitrogen and oxygen atoms in total. The average Bonchev–Trinajstić information content (AvgIpc) is 2.62. The van der Waals surface area contributed by atoms with Crippen LogP contribution in [0.4, 0.5) is 13.2 Å². The Morgan fingerprint density at radius 2 is 1.72 bits per heavy atom. The van der Waals surface area contributed by atoms with Crippen molar-refractivity contribution in [2.45, 2.75) is 0 Å². The average molecular weight is 347 g/mol. The second kappa shape index (κ2) is 6.43. The first-order valence-electron chi connectivity index (χ1n) is 7.18. The first-order valence-corrected chi connectivity index (χ1v) is 7.18. The number of methoxy groups -OCH3 is 2. The third-order valence-corrected chi connectivity index (χ3v) is 3.73. The zero-order valence-corrected chi connectivity index (χ0v) is 13.3. The fraction of sp³-hybridized carbons (Fsp3) is 0.111. The lowest BCUT2D eigenvalue weighted by Crippen LogP contribution is -2.07.